The number of carboxylic acids is 1. The number of carbonyl (C=O) groups is 2. The summed E-state index contributed by atoms with van der Waals surface area (Å²) in [6, 6.07) is 7.08. The van der Waals surface area contributed by atoms with Crippen molar-refractivity contribution in [2.75, 3.05) is 13.1 Å². The molecule has 1 amide bonds. The molecule has 0 aromatic heterocycles. The van der Waals surface area contributed by atoms with Crippen molar-refractivity contribution < 1.29 is 19.4 Å². The Balaban J connectivity index is 2.02. The highest BCUT2D eigenvalue weighted by Gasteiger charge is 2.32. The Bertz CT molecular complexity index is 477. The van der Waals surface area contributed by atoms with Crippen molar-refractivity contribution in [1.82, 2.24) is 4.90 Å². The summed E-state index contributed by atoms with van der Waals surface area (Å²) in [6.45, 7) is 0.512. The predicted molar refractivity (Wildman–Crippen MR) is 64.5 cm³/mol. The molecule has 1 aliphatic heterocycles. The van der Waals surface area contributed by atoms with E-state index in [1.54, 1.807) is 18.2 Å². The summed E-state index contributed by atoms with van der Waals surface area (Å²) in [5.41, 5.74) is 0.814. The van der Waals surface area contributed by atoms with Crippen LogP contribution in [0.15, 0.2) is 24.3 Å². The number of amides is 1. The normalized spacial score (nSPS) is 18.8. The van der Waals surface area contributed by atoms with Gasteiger partial charge in [0.1, 0.15) is 6.10 Å². The van der Waals surface area contributed by atoms with E-state index in [-0.39, 0.29) is 19.1 Å². The van der Waals surface area contributed by atoms with Crippen LogP contribution in [-0.2, 0) is 9.53 Å². The van der Waals surface area contributed by atoms with Crippen molar-refractivity contribution in [2.45, 2.75) is 12.5 Å². The largest absolute Gasteiger partial charge is 0.481 e. The average molecular weight is 270 g/mol. The lowest BCUT2D eigenvalue weighted by molar-refractivity contribution is -0.137. The molecule has 96 valence electrons. The summed E-state index contributed by atoms with van der Waals surface area (Å²) in [7, 11) is 0. The predicted octanol–water partition coefficient (Wildman–Crippen LogP) is 2.31. The molecule has 1 unspecified atom stereocenters. The summed E-state index contributed by atoms with van der Waals surface area (Å²) < 4.78 is 5.18. The first kappa shape index (κ1) is 12.7. The molecule has 0 spiro atoms. The average Bonchev–Trinajstić information content (AvgIpc) is 2.68. The number of carbonyl (C=O) groups excluding carboxylic acids is 1. The molecular formula is C12H12ClNO4. The van der Waals surface area contributed by atoms with Gasteiger partial charge in [-0.1, -0.05) is 23.7 Å². The van der Waals surface area contributed by atoms with Crippen molar-refractivity contribution in [1.29, 1.82) is 0 Å². The van der Waals surface area contributed by atoms with Gasteiger partial charge in [-0.25, -0.2) is 4.79 Å². The van der Waals surface area contributed by atoms with E-state index in [4.69, 9.17) is 21.4 Å². The van der Waals surface area contributed by atoms with Crippen LogP contribution in [0.25, 0.3) is 0 Å². The highest BCUT2D eigenvalue weighted by molar-refractivity contribution is 6.30. The molecule has 1 atom stereocenters. The molecular weight excluding hydrogens is 258 g/mol. The number of hydrogen-bond acceptors (Lipinski definition) is 3. The maximum absolute atomic E-state index is 11.5. The van der Waals surface area contributed by atoms with Crippen molar-refractivity contribution >= 4 is 23.7 Å². The number of aliphatic carboxylic acids is 1. The van der Waals surface area contributed by atoms with E-state index >= 15 is 0 Å². The van der Waals surface area contributed by atoms with Crippen LogP contribution in [0, 0.1) is 0 Å². The number of ether oxygens (including phenoxy) is 1. The second-order valence-electron chi connectivity index (χ2n) is 4.02. The van der Waals surface area contributed by atoms with Gasteiger partial charge in [-0.05, 0) is 17.7 Å². The number of hydrogen-bond donors (Lipinski definition) is 1. The summed E-state index contributed by atoms with van der Waals surface area (Å²) in [6.07, 6.45) is -0.955. The second kappa shape index (κ2) is 5.27. The molecule has 2 rings (SSSR count). The molecule has 0 saturated carbocycles. The Morgan fingerprint density at radius 2 is 2.33 bits per heavy atom. The Hall–Kier alpha value is -1.75. The number of rotatable bonds is 4. The third kappa shape index (κ3) is 2.92. The number of cyclic esters (lactones) is 1. The maximum atomic E-state index is 11.5. The molecule has 1 aliphatic rings. The molecule has 1 saturated heterocycles. The quantitative estimate of drug-likeness (QED) is 0.911. The van der Waals surface area contributed by atoms with Gasteiger partial charge >= 0.3 is 12.1 Å². The zero-order chi connectivity index (χ0) is 13.1. The van der Waals surface area contributed by atoms with E-state index in [0.29, 0.717) is 11.6 Å². The Kier molecular flexibility index (Phi) is 3.72. The van der Waals surface area contributed by atoms with Crippen LogP contribution >= 0.6 is 11.6 Å². The number of halogens is 1. The monoisotopic (exact) mass is 269 g/mol. The first-order valence-corrected chi connectivity index (χ1v) is 5.87. The molecule has 1 fully saturated rings. The fourth-order valence-electron chi connectivity index (χ4n) is 1.80. The van der Waals surface area contributed by atoms with Crippen molar-refractivity contribution in [3.8, 4) is 0 Å². The molecule has 18 heavy (non-hydrogen) atoms. The van der Waals surface area contributed by atoms with Gasteiger partial charge in [0.25, 0.3) is 0 Å². The van der Waals surface area contributed by atoms with Crippen LogP contribution in [0.4, 0.5) is 4.79 Å². The van der Waals surface area contributed by atoms with Gasteiger partial charge in [-0.3, -0.25) is 4.79 Å². The van der Waals surface area contributed by atoms with Gasteiger partial charge in [0.2, 0.25) is 0 Å². The van der Waals surface area contributed by atoms with Crippen molar-refractivity contribution in [2.24, 2.45) is 0 Å². The molecule has 6 heteroatoms. The molecule has 0 bridgehead atoms. The summed E-state index contributed by atoms with van der Waals surface area (Å²) >= 11 is 5.87. The van der Waals surface area contributed by atoms with E-state index in [1.807, 2.05) is 6.07 Å². The Morgan fingerprint density at radius 1 is 1.56 bits per heavy atom. The van der Waals surface area contributed by atoms with Crippen LogP contribution in [0.2, 0.25) is 5.02 Å². The minimum Gasteiger partial charge on any atom is -0.481 e. The lowest BCUT2D eigenvalue weighted by atomic mass is 10.1. The van der Waals surface area contributed by atoms with E-state index in [0.717, 1.165) is 5.56 Å². The van der Waals surface area contributed by atoms with Gasteiger partial charge in [0.15, 0.2) is 0 Å². The molecule has 1 aromatic carbocycles. The Labute approximate surface area is 109 Å². The van der Waals surface area contributed by atoms with Crippen LogP contribution in [0.3, 0.4) is 0 Å². The lowest BCUT2D eigenvalue weighted by Gasteiger charge is -2.11. The van der Waals surface area contributed by atoms with Crippen LogP contribution < -0.4 is 0 Å². The zero-order valence-electron chi connectivity index (χ0n) is 9.51. The fraction of sp³-hybridized carbons (Fsp3) is 0.333. The molecule has 5 nitrogen and oxygen atoms in total. The van der Waals surface area contributed by atoms with Crippen LogP contribution in [-0.4, -0.2) is 35.2 Å². The summed E-state index contributed by atoms with van der Waals surface area (Å²) in [5, 5.41) is 9.16. The van der Waals surface area contributed by atoms with Gasteiger partial charge in [0.05, 0.1) is 13.0 Å². The number of benzene rings is 1. The van der Waals surface area contributed by atoms with E-state index in [9.17, 15) is 9.59 Å². The van der Waals surface area contributed by atoms with Crippen molar-refractivity contribution in [3.05, 3.63) is 34.9 Å². The van der Waals surface area contributed by atoms with E-state index < -0.39 is 12.1 Å². The highest BCUT2D eigenvalue weighted by Crippen LogP contribution is 2.27. The smallest absolute Gasteiger partial charge is 0.410 e. The van der Waals surface area contributed by atoms with E-state index in [1.165, 1.54) is 4.90 Å². The first-order chi connectivity index (χ1) is 8.56. The molecule has 0 aliphatic carbocycles. The minimum absolute atomic E-state index is 0.0859. The maximum Gasteiger partial charge on any atom is 0.410 e. The topological polar surface area (TPSA) is 66.8 Å². The lowest BCUT2D eigenvalue weighted by Crippen LogP contribution is -2.27. The van der Waals surface area contributed by atoms with Crippen LogP contribution in [0.1, 0.15) is 18.1 Å². The minimum atomic E-state index is -0.936. The van der Waals surface area contributed by atoms with E-state index in [2.05, 4.69) is 0 Å². The van der Waals surface area contributed by atoms with Crippen molar-refractivity contribution in [3.63, 3.8) is 0 Å². The second-order valence-corrected chi connectivity index (χ2v) is 4.45. The Morgan fingerprint density at radius 3 is 3.00 bits per heavy atom. The molecule has 0 radical (unpaired) electrons. The third-order valence-corrected chi connectivity index (χ3v) is 2.94. The summed E-state index contributed by atoms with van der Waals surface area (Å²) in [4.78, 5) is 23.4. The van der Waals surface area contributed by atoms with Gasteiger partial charge < -0.3 is 14.7 Å². The number of nitrogens with zero attached hydrogens (tertiary/aromatic N) is 1. The SMILES string of the molecule is O=C(O)CCN1CC(c2cccc(Cl)c2)OC1=O. The van der Waals surface area contributed by atoms with Crippen LogP contribution in [0.5, 0.6) is 0 Å². The first-order valence-electron chi connectivity index (χ1n) is 5.49. The molecule has 1 aromatic rings. The highest BCUT2D eigenvalue weighted by atomic mass is 35.5. The standard InChI is InChI=1S/C12H12ClNO4/c13-9-3-1-2-8(6-9)10-7-14(12(17)18-10)5-4-11(15)16/h1-3,6,10H,4-5,7H2,(H,15,16). The number of carboxylic acid groups (broad SMARTS) is 1. The van der Waals surface area contributed by atoms with Gasteiger partial charge in [0, 0.05) is 11.6 Å². The van der Waals surface area contributed by atoms with Gasteiger partial charge in [-0.15, -0.1) is 0 Å². The third-order valence-electron chi connectivity index (χ3n) is 2.70. The zero-order valence-corrected chi connectivity index (χ0v) is 10.3. The molecule has 1 N–H and O–H groups in total. The fourth-order valence-corrected chi connectivity index (χ4v) is 2.00. The molecule has 1 heterocycles. The summed E-state index contributed by atoms with van der Waals surface area (Å²) in [5.74, 6) is -0.936. The van der Waals surface area contributed by atoms with Gasteiger partial charge in [-0.2, -0.15) is 0 Å².